The highest BCUT2D eigenvalue weighted by molar-refractivity contribution is 7.99. The van der Waals surface area contributed by atoms with Crippen LogP contribution >= 0.6 is 11.8 Å². The largest absolute Gasteiger partial charge is 0.380 e. The van der Waals surface area contributed by atoms with E-state index in [1.54, 1.807) is 11.8 Å². The first-order valence-corrected chi connectivity index (χ1v) is 8.65. The molecule has 0 radical (unpaired) electrons. The third-order valence-electron chi connectivity index (χ3n) is 4.31. The van der Waals surface area contributed by atoms with Crippen LogP contribution in [0, 0.1) is 6.92 Å². The Morgan fingerprint density at radius 1 is 1.33 bits per heavy atom. The molecule has 2 N–H and O–H groups in total. The Labute approximate surface area is 131 Å². The van der Waals surface area contributed by atoms with Crippen molar-refractivity contribution in [3.63, 3.8) is 0 Å². The fourth-order valence-corrected chi connectivity index (χ4v) is 4.00. The Hall–Kier alpha value is -1.000. The van der Waals surface area contributed by atoms with Gasteiger partial charge in [-0.2, -0.15) is 11.8 Å². The van der Waals surface area contributed by atoms with Gasteiger partial charge in [0.25, 0.3) is 5.91 Å². The molecule has 1 aromatic rings. The van der Waals surface area contributed by atoms with E-state index >= 15 is 0 Å². The van der Waals surface area contributed by atoms with Gasteiger partial charge in [0.15, 0.2) is 0 Å². The minimum atomic E-state index is -1.17. The van der Waals surface area contributed by atoms with Crippen LogP contribution in [0.15, 0.2) is 24.3 Å². The molecule has 1 aliphatic heterocycles. The normalized spacial score (nSPS) is 18.3. The Balaban J connectivity index is 2.01. The van der Waals surface area contributed by atoms with Crippen LogP contribution in [-0.2, 0) is 10.2 Å². The summed E-state index contributed by atoms with van der Waals surface area (Å²) in [5, 5.41) is 13.4. The van der Waals surface area contributed by atoms with E-state index in [4.69, 9.17) is 0 Å². The molecule has 0 saturated carbocycles. The third kappa shape index (κ3) is 3.80. The fraction of sp³-hybridized carbons (Fsp3) is 0.588. The summed E-state index contributed by atoms with van der Waals surface area (Å²) in [5.41, 5.74) is 1.13. The lowest BCUT2D eigenvalue weighted by molar-refractivity contribution is -0.140. The Morgan fingerprint density at radius 3 is 2.57 bits per heavy atom. The molecule has 2 rings (SSSR count). The van der Waals surface area contributed by atoms with Gasteiger partial charge in [-0.15, -0.1) is 0 Å². The minimum absolute atomic E-state index is 0.152. The number of rotatable bonds is 4. The quantitative estimate of drug-likeness (QED) is 0.899. The predicted octanol–water partition coefficient (Wildman–Crippen LogP) is 2.65. The summed E-state index contributed by atoms with van der Waals surface area (Å²) in [7, 11) is 0. The summed E-state index contributed by atoms with van der Waals surface area (Å²) >= 11 is 1.80. The molecular weight excluding hydrogens is 282 g/mol. The smallest absolute Gasteiger partial charge is 0.252 e. The van der Waals surface area contributed by atoms with Crippen molar-refractivity contribution in [2.75, 3.05) is 18.1 Å². The summed E-state index contributed by atoms with van der Waals surface area (Å²) in [5.74, 6) is 1.49. The average molecular weight is 307 g/mol. The summed E-state index contributed by atoms with van der Waals surface area (Å²) in [6.45, 7) is 6.86. The number of carbonyl (C=O) groups excluding carboxylic acids is 1. The van der Waals surface area contributed by atoms with Gasteiger partial charge in [0.05, 0.1) is 0 Å². The molecule has 0 unspecified atom stereocenters. The van der Waals surface area contributed by atoms with E-state index in [1.807, 2.05) is 12.1 Å². The van der Waals surface area contributed by atoms with Gasteiger partial charge < -0.3 is 10.4 Å². The molecule has 116 valence electrons. The first-order chi connectivity index (χ1) is 9.85. The highest BCUT2D eigenvalue weighted by atomic mass is 32.2. The molecule has 1 heterocycles. The SMILES string of the molecule is Cc1ccccc1C(C)(C)CNC(=O)C1(O)CCSCC1. The number of hydrogen-bond acceptors (Lipinski definition) is 3. The van der Waals surface area contributed by atoms with Crippen LogP contribution in [0.4, 0.5) is 0 Å². The van der Waals surface area contributed by atoms with Crippen LogP contribution in [0.25, 0.3) is 0 Å². The Morgan fingerprint density at radius 2 is 1.95 bits per heavy atom. The molecule has 1 aromatic carbocycles. The first-order valence-electron chi connectivity index (χ1n) is 7.50. The van der Waals surface area contributed by atoms with Crippen LogP contribution in [0.3, 0.4) is 0 Å². The van der Waals surface area contributed by atoms with Crippen molar-refractivity contribution in [1.82, 2.24) is 5.32 Å². The van der Waals surface area contributed by atoms with E-state index in [-0.39, 0.29) is 11.3 Å². The maximum atomic E-state index is 12.3. The number of benzene rings is 1. The number of aliphatic hydroxyl groups is 1. The van der Waals surface area contributed by atoms with Crippen molar-refractivity contribution in [1.29, 1.82) is 0 Å². The summed E-state index contributed by atoms with van der Waals surface area (Å²) in [6.07, 6.45) is 1.10. The van der Waals surface area contributed by atoms with E-state index in [2.05, 4.69) is 38.2 Å². The number of carbonyl (C=O) groups is 1. The van der Waals surface area contributed by atoms with Crippen molar-refractivity contribution in [2.45, 2.75) is 44.6 Å². The van der Waals surface area contributed by atoms with E-state index in [9.17, 15) is 9.90 Å². The van der Waals surface area contributed by atoms with E-state index in [1.165, 1.54) is 11.1 Å². The zero-order valence-electron chi connectivity index (χ0n) is 13.1. The molecule has 21 heavy (non-hydrogen) atoms. The number of aryl methyl sites for hydroxylation is 1. The van der Waals surface area contributed by atoms with E-state index in [0.717, 1.165) is 11.5 Å². The van der Waals surface area contributed by atoms with Gasteiger partial charge in [-0.3, -0.25) is 4.79 Å². The van der Waals surface area contributed by atoms with Crippen LogP contribution in [-0.4, -0.2) is 34.7 Å². The second-order valence-corrected chi connectivity index (χ2v) is 7.75. The van der Waals surface area contributed by atoms with Gasteiger partial charge in [0.1, 0.15) is 5.60 Å². The predicted molar refractivity (Wildman–Crippen MR) is 88.7 cm³/mol. The highest BCUT2D eigenvalue weighted by Gasteiger charge is 2.38. The maximum Gasteiger partial charge on any atom is 0.252 e. The van der Waals surface area contributed by atoms with Crippen molar-refractivity contribution >= 4 is 17.7 Å². The van der Waals surface area contributed by atoms with Crippen LogP contribution in [0.2, 0.25) is 0 Å². The Kier molecular flexibility index (Phi) is 4.99. The first kappa shape index (κ1) is 16.4. The molecule has 1 aliphatic rings. The summed E-state index contributed by atoms with van der Waals surface area (Å²) < 4.78 is 0. The molecule has 1 fully saturated rings. The monoisotopic (exact) mass is 307 g/mol. The number of thioether (sulfide) groups is 1. The van der Waals surface area contributed by atoms with Crippen molar-refractivity contribution in [2.24, 2.45) is 0 Å². The molecule has 4 heteroatoms. The number of nitrogens with one attached hydrogen (secondary N) is 1. The molecular formula is C17H25NO2S. The third-order valence-corrected chi connectivity index (χ3v) is 5.29. The molecule has 0 aliphatic carbocycles. The van der Waals surface area contributed by atoms with Gasteiger partial charge in [0.2, 0.25) is 0 Å². The standard InChI is InChI=1S/C17H25NO2S/c1-13-6-4-5-7-14(13)16(2,3)12-18-15(19)17(20)8-10-21-11-9-17/h4-7,20H,8-12H2,1-3H3,(H,18,19). The van der Waals surface area contributed by atoms with Gasteiger partial charge >= 0.3 is 0 Å². The van der Waals surface area contributed by atoms with Gasteiger partial charge in [-0.25, -0.2) is 0 Å². The number of hydrogen-bond donors (Lipinski definition) is 2. The lowest BCUT2D eigenvalue weighted by Crippen LogP contribution is -2.51. The zero-order valence-corrected chi connectivity index (χ0v) is 13.9. The van der Waals surface area contributed by atoms with Crippen molar-refractivity contribution in [3.8, 4) is 0 Å². The second kappa shape index (κ2) is 6.41. The molecule has 1 saturated heterocycles. The molecule has 0 spiro atoms. The van der Waals surface area contributed by atoms with E-state index in [0.29, 0.717) is 19.4 Å². The van der Waals surface area contributed by atoms with Crippen LogP contribution < -0.4 is 5.32 Å². The molecule has 3 nitrogen and oxygen atoms in total. The fourth-order valence-electron chi connectivity index (χ4n) is 2.83. The maximum absolute atomic E-state index is 12.3. The average Bonchev–Trinajstić information content (AvgIpc) is 2.46. The summed E-state index contributed by atoms with van der Waals surface area (Å²) in [4.78, 5) is 12.3. The summed E-state index contributed by atoms with van der Waals surface area (Å²) in [6, 6.07) is 8.24. The Bertz CT molecular complexity index is 507. The lowest BCUT2D eigenvalue weighted by atomic mass is 9.81. The van der Waals surface area contributed by atoms with Gasteiger partial charge in [-0.1, -0.05) is 38.1 Å². The molecule has 0 atom stereocenters. The lowest BCUT2D eigenvalue weighted by Gasteiger charge is -2.33. The highest BCUT2D eigenvalue weighted by Crippen LogP contribution is 2.28. The topological polar surface area (TPSA) is 49.3 Å². The molecule has 0 bridgehead atoms. The van der Waals surface area contributed by atoms with Crippen molar-refractivity contribution in [3.05, 3.63) is 35.4 Å². The van der Waals surface area contributed by atoms with Crippen LogP contribution in [0.1, 0.15) is 37.8 Å². The zero-order chi connectivity index (χ0) is 15.5. The van der Waals surface area contributed by atoms with Crippen LogP contribution in [0.5, 0.6) is 0 Å². The molecule has 1 amide bonds. The number of amides is 1. The van der Waals surface area contributed by atoms with E-state index < -0.39 is 5.60 Å². The van der Waals surface area contributed by atoms with Gasteiger partial charge in [-0.05, 0) is 42.4 Å². The van der Waals surface area contributed by atoms with Gasteiger partial charge in [0, 0.05) is 12.0 Å². The second-order valence-electron chi connectivity index (χ2n) is 6.53. The van der Waals surface area contributed by atoms with Crippen molar-refractivity contribution < 1.29 is 9.90 Å². The molecule has 0 aromatic heterocycles. The minimum Gasteiger partial charge on any atom is -0.380 e.